The molecule has 0 unspecified atom stereocenters. The fourth-order valence-electron chi connectivity index (χ4n) is 2.70. The van der Waals surface area contributed by atoms with Crippen LogP contribution in [0.25, 0.3) is 22.4 Å². The van der Waals surface area contributed by atoms with Crippen LogP contribution in [0.15, 0.2) is 52.9 Å². The normalized spacial score (nSPS) is 11.0. The summed E-state index contributed by atoms with van der Waals surface area (Å²) in [6.07, 6.45) is 1.52. The van der Waals surface area contributed by atoms with Crippen LogP contribution in [0.1, 0.15) is 0 Å². The lowest BCUT2D eigenvalue weighted by Gasteiger charge is -2.05. The molecule has 0 aliphatic rings. The summed E-state index contributed by atoms with van der Waals surface area (Å²) >= 11 is 1.29. The molecule has 9 heteroatoms. The number of nitrogens with zero attached hydrogens (tertiary/aromatic N) is 4. The van der Waals surface area contributed by atoms with E-state index in [4.69, 9.17) is 0 Å². The van der Waals surface area contributed by atoms with Gasteiger partial charge in [0.15, 0.2) is 10.8 Å². The molecule has 3 aromatic heterocycles. The van der Waals surface area contributed by atoms with Gasteiger partial charge < -0.3 is 9.88 Å². The number of anilines is 1. The number of carbonyl (C=O) groups excluding carboxylic acids is 1. The number of aromatic nitrogens is 4. The van der Waals surface area contributed by atoms with Gasteiger partial charge in [0.25, 0.3) is 5.56 Å². The molecule has 7 nitrogen and oxygen atoms in total. The van der Waals surface area contributed by atoms with E-state index >= 15 is 0 Å². The molecule has 0 atom stereocenters. The van der Waals surface area contributed by atoms with Gasteiger partial charge >= 0.3 is 0 Å². The summed E-state index contributed by atoms with van der Waals surface area (Å²) in [5.41, 5.74) is 2.49. The Bertz CT molecular complexity index is 1190. The highest BCUT2D eigenvalue weighted by atomic mass is 32.1. The number of pyridine rings is 1. The molecule has 27 heavy (non-hydrogen) atoms. The molecule has 0 saturated heterocycles. The molecule has 0 spiro atoms. The number of hydrogen-bond donors (Lipinski definition) is 1. The predicted octanol–water partition coefficient (Wildman–Crippen LogP) is 2.64. The quantitative estimate of drug-likeness (QED) is 0.587. The molecule has 0 aliphatic carbocycles. The number of carbonyl (C=O) groups is 1. The maximum atomic E-state index is 13.0. The second-order valence-electron chi connectivity index (χ2n) is 5.90. The number of hydrogen-bond acceptors (Lipinski definition) is 5. The van der Waals surface area contributed by atoms with Crippen molar-refractivity contribution in [3.8, 4) is 11.3 Å². The van der Waals surface area contributed by atoms with Crippen molar-refractivity contribution in [3.63, 3.8) is 0 Å². The van der Waals surface area contributed by atoms with Gasteiger partial charge in [-0.15, -0.1) is 11.3 Å². The van der Waals surface area contributed by atoms with Gasteiger partial charge in [-0.2, -0.15) is 0 Å². The summed E-state index contributed by atoms with van der Waals surface area (Å²) in [5, 5.41) is 5.00. The monoisotopic (exact) mass is 383 g/mol. The SMILES string of the molecule is Cn1c(=O)ccc2c1ncn2CC(=O)Nc1nc(-c2ccc(F)cc2)cs1. The zero-order valence-corrected chi connectivity index (χ0v) is 15.0. The lowest BCUT2D eigenvalue weighted by atomic mass is 10.2. The smallest absolute Gasteiger partial charge is 0.252 e. The number of imidazole rings is 1. The Morgan fingerprint density at radius 1 is 1.22 bits per heavy atom. The Kier molecular flexibility index (Phi) is 4.28. The standard InChI is InChI=1S/C18H14FN5O2S/c1-23-16(26)7-6-14-17(23)20-10-24(14)8-15(25)22-18-21-13(9-27-18)11-2-4-12(19)5-3-11/h2-7,9-10H,8H2,1H3,(H,21,22,25). The molecule has 1 aromatic carbocycles. The van der Waals surface area contributed by atoms with Gasteiger partial charge in [-0.3, -0.25) is 14.2 Å². The minimum atomic E-state index is -0.312. The van der Waals surface area contributed by atoms with Crippen molar-refractivity contribution >= 4 is 33.5 Å². The third-order valence-electron chi connectivity index (χ3n) is 4.09. The minimum Gasteiger partial charge on any atom is -0.320 e. The molecule has 0 radical (unpaired) electrons. The molecule has 4 rings (SSSR count). The highest BCUT2D eigenvalue weighted by molar-refractivity contribution is 7.14. The van der Waals surface area contributed by atoms with Crippen LogP contribution in [0.3, 0.4) is 0 Å². The summed E-state index contributed by atoms with van der Waals surface area (Å²) < 4.78 is 16.1. The number of halogens is 1. The number of thiazole rings is 1. The Labute approximate surface area is 156 Å². The maximum Gasteiger partial charge on any atom is 0.252 e. The number of rotatable bonds is 4. The first-order valence-electron chi connectivity index (χ1n) is 8.03. The topological polar surface area (TPSA) is 81.8 Å². The number of aryl methyl sites for hydroxylation is 1. The van der Waals surface area contributed by atoms with E-state index in [1.54, 1.807) is 35.2 Å². The Morgan fingerprint density at radius 2 is 2.00 bits per heavy atom. The summed E-state index contributed by atoms with van der Waals surface area (Å²) in [5.74, 6) is -0.573. The minimum absolute atomic E-state index is 0.0418. The van der Waals surface area contributed by atoms with E-state index in [1.807, 2.05) is 0 Å². The fraction of sp³-hybridized carbons (Fsp3) is 0.111. The van der Waals surface area contributed by atoms with Crippen molar-refractivity contribution in [2.75, 3.05) is 5.32 Å². The van der Waals surface area contributed by atoms with Gasteiger partial charge in [0.1, 0.15) is 12.4 Å². The molecule has 3 heterocycles. The molecular formula is C18H14FN5O2S. The van der Waals surface area contributed by atoms with E-state index in [9.17, 15) is 14.0 Å². The van der Waals surface area contributed by atoms with Crippen LogP contribution in [0.5, 0.6) is 0 Å². The Balaban J connectivity index is 1.50. The highest BCUT2D eigenvalue weighted by Gasteiger charge is 2.12. The van der Waals surface area contributed by atoms with Crippen molar-refractivity contribution < 1.29 is 9.18 Å². The molecular weight excluding hydrogens is 369 g/mol. The molecule has 0 saturated carbocycles. The lowest BCUT2D eigenvalue weighted by molar-refractivity contribution is -0.116. The third kappa shape index (κ3) is 3.36. The first kappa shape index (κ1) is 17.1. The van der Waals surface area contributed by atoms with Gasteiger partial charge in [0.2, 0.25) is 5.91 Å². The third-order valence-corrected chi connectivity index (χ3v) is 4.85. The van der Waals surface area contributed by atoms with Gasteiger partial charge in [-0.25, -0.2) is 14.4 Å². The van der Waals surface area contributed by atoms with Crippen LogP contribution in [-0.2, 0) is 18.4 Å². The average Bonchev–Trinajstić information content (AvgIpc) is 3.26. The van der Waals surface area contributed by atoms with Crippen LogP contribution in [0.2, 0.25) is 0 Å². The van der Waals surface area contributed by atoms with E-state index in [2.05, 4.69) is 15.3 Å². The van der Waals surface area contributed by atoms with Crippen molar-refractivity contribution in [3.05, 3.63) is 64.3 Å². The number of nitrogens with one attached hydrogen (secondary N) is 1. The largest absolute Gasteiger partial charge is 0.320 e. The summed E-state index contributed by atoms with van der Waals surface area (Å²) in [7, 11) is 1.63. The molecule has 4 aromatic rings. The fourth-order valence-corrected chi connectivity index (χ4v) is 3.44. The predicted molar refractivity (Wildman–Crippen MR) is 101 cm³/mol. The summed E-state index contributed by atoms with van der Waals surface area (Å²) in [6.45, 7) is 0.0418. The zero-order valence-electron chi connectivity index (χ0n) is 14.2. The highest BCUT2D eigenvalue weighted by Crippen LogP contribution is 2.25. The van der Waals surface area contributed by atoms with E-state index < -0.39 is 0 Å². The molecule has 1 N–H and O–H groups in total. The van der Waals surface area contributed by atoms with Crippen LogP contribution in [-0.4, -0.2) is 25.0 Å². The first-order valence-corrected chi connectivity index (χ1v) is 8.91. The molecule has 0 fully saturated rings. The van der Waals surface area contributed by atoms with E-state index in [0.29, 0.717) is 22.0 Å². The summed E-state index contributed by atoms with van der Waals surface area (Å²) in [6, 6.07) is 9.09. The molecule has 136 valence electrons. The second kappa shape index (κ2) is 6.76. The van der Waals surface area contributed by atoms with Crippen molar-refractivity contribution in [1.82, 2.24) is 19.1 Å². The van der Waals surface area contributed by atoms with Crippen LogP contribution in [0.4, 0.5) is 9.52 Å². The summed E-state index contributed by atoms with van der Waals surface area (Å²) in [4.78, 5) is 32.6. The van der Waals surface area contributed by atoms with Crippen molar-refractivity contribution in [2.24, 2.45) is 7.05 Å². The van der Waals surface area contributed by atoms with E-state index in [1.165, 1.54) is 40.4 Å². The lowest BCUT2D eigenvalue weighted by Crippen LogP contribution is -2.19. The van der Waals surface area contributed by atoms with Crippen LogP contribution in [0, 0.1) is 5.82 Å². The molecule has 0 aliphatic heterocycles. The van der Waals surface area contributed by atoms with E-state index in [-0.39, 0.29) is 23.8 Å². The van der Waals surface area contributed by atoms with E-state index in [0.717, 1.165) is 5.56 Å². The molecule has 0 bridgehead atoms. The van der Waals surface area contributed by atoms with Gasteiger partial charge in [-0.1, -0.05) is 0 Å². The maximum absolute atomic E-state index is 13.0. The van der Waals surface area contributed by atoms with Gasteiger partial charge in [0.05, 0.1) is 17.5 Å². The van der Waals surface area contributed by atoms with Crippen LogP contribution >= 0.6 is 11.3 Å². The van der Waals surface area contributed by atoms with Crippen LogP contribution < -0.4 is 10.9 Å². The second-order valence-corrected chi connectivity index (χ2v) is 6.76. The first-order chi connectivity index (χ1) is 13.0. The average molecular weight is 383 g/mol. The number of benzene rings is 1. The van der Waals surface area contributed by atoms with Gasteiger partial charge in [0, 0.05) is 24.1 Å². The zero-order chi connectivity index (χ0) is 19.0. The van der Waals surface area contributed by atoms with Crippen molar-refractivity contribution in [1.29, 1.82) is 0 Å². The number of amides is 1. The Hall–Kier alpha value is -3.33. The number of fused-ring (bicyclic) bond motifs is 1. The van der Waals surface area contributed by atoms with Crippen molar-refractivity contribution in [2.45, 2.75) is 6.54 Å². The molecule has 1 amide bonds. The van der Waals surface area contributed by atoms with Gasteiger partial charge in [-0.05, 0) is 30.3 Å². The Morgan fingerprint density at radius 3 is 2.78 bits per heavy atom.